The average molecular weight is 566 g/mol. The van der Waals surface area contributed by atoms with E-state index in [1.165, 1.54) is 4.31 Å². The maximum absolute atomic E-state index is 13.1. The van der Waals surface area contributed by atoms with Crippen molar-refractivity contribution in [3.8, 4) is 17.0 Å². The Morgan fingerprint density at radius 3 is 2.58 bits per heavy atom. The Hall–Kier alpha value is -3.47. The van der Waals surface area contributed by atoms with Gasteiger partial charge in [-0.15, -0.1) is 0 Å². The molecule has 0 saturated carbocycles. The van der Waals surface area contributed by atoms with E-state index < -0.39 is 10.0 Å². The SMILES string of the molecule is CN(CCCNc1cc(-c2ccccc2O)nc2c(Br)cnn12)S(=O)(=O)c1ccc2ccccc2c1. The topological polar surface area (TPSA) is 99.8 Å². The zero-order valence-electron chi connectivity index (χ0n) is 19.5. The van der Waals surface area contributed by atoms with Crippen molar-refractivity contribution in [2.45, 2.75) is 11.3 Å². The van der Waals surface area contributed by atoms with Crippen molar-refractivity contribution < 1.29 is 13.5 Å². The number of anilines is 1. The fourth-order valence-electron chi connectivity index (χ4n) is 4.04. The first-order valence-corrected chi connectivity index (χ1v) is 13.6. The third-order valence-corrected chi connectivity index (χ3v) is 8.41. The van der Waals surface area contributed by atoms with E-state index in [-0.39, 0.29) is 10.6 Å². The molecule has 0 aliphatic carbocycles. The fraction of sp³-hybridized carbons (Fsp3) is 0.154. The summed E-state index contributed by atoms with van der Waals surface area (Å²) in [5.41, 5.74) is 1.81. The molecule has 5 rings (SSSR count). The quantitative estimate of drug-likeness (QED) is 0.253. The van der Waals surface area contributed by atoms with Gasteiger partial charge in [-0.25, -0.2) is 17.7 Å². The Morgan fingerprint density at radius 2 is 1.78 bits per heavy atom. The zero-order chi connectivity index (χ0) is 25.3. The van der Waals surface area contributed by atoms with Gasteiger partial charge in [0.1, 0.15) is 11.6 Å². The Labute approximate surface area is 217 Å². The molecule has 2 aromatic heterocycles. The number of nitrogens with one attached hydrogen (secondary N) is 1. The molecule has 0 amide bonds. The molecule has 2 heterocycles. The first kappa shape index (κ1) is 24.2. The summed E-state index contributed by atoms with van der Waals surface area (Å²) in [5.74, 6) is 0.820. The van der Waals surface area contributed by atoms with Gasteiger partial charge in [0, 0.05) is 31.8 Å². The largest absolute Gasteiger partial charge is 0.507 e. The monoisotopic (exact) mass is 565 g/mol. The van der Waals surface area contributed by atoms with Gasteiger partial charge in [0.2, 0.25) is 10.0 Å². The van der Waals surface area contributed by atoms with Crippen molar-refractivity contribution in [1.82, 2.24) is 18.9 Å². The number of aromatic hydroxyl groups is 1. The first-order valence-electron chi connectivity index (χ1n) is 11.4. The second kappa shape index (κ2) is 9.88. The highest BCUT2D eigenvalue weighted by Crippen LogP contribution is 2.31. The van der Waals surface area contributed by atoms with E-state index in [0.29, 0.717) is 42.2 Å². The van der Waals surface area contributed by atoms with Crippen molar-refractivity contribution in [2.24, 2.45) is 0 Å². The lowest BCUT2D eigenvalue weighted by atomic mass is 10.1. The standard InChI is InChI=1S/C26H24BrN5O3S/c1-31(36(34,35)20-12-11-18-7-2-3-8-19(18)15-20)14-6-13-28-25-16-23(21-9-4-5-10-24(21)33)30-26-22(27)17-29-32(25)26/h2-5,7-12,15-17,28,33H,6,13-14H2,1H3. The van der Waals surface area contributed by atoms with Crippen molar-refractivity contribution >= 4 is 48.2 Å². The maximum Gasteiger partial charge on any atom is 0.242 e. The fourth-order valence-corrected chi connectivity index (χ4v) is 5.63. The van der Waals surface area contributed by atoms with Gasteiger partial charge in [0.05, 0.1) is 21.3 Å². The van der Waals surface area contributed by atoms with Crippen LogP contribution in [0.1, 0.15) is 6.42 Å². The number of hydrogen-bond donors (Lipinski definition) is 2. The molecule has 0 unspecified atom stereocenters. The van der Waals surface area contributed by atoms with Crippen LogP contribution in [-0.2, 0) is 10.0 Å². The van der Waals surface area contributed by atoms with Crippen molar-refractivity contribution in [1.29, 1.82) is 0 Å². The number of phenolic OH excluding ortho intramolecular Hbond substituents is 1. The number of phenols is 1. The first-order chi connectivity index (χ1) is 17.3. The number of sulfonamides is 1. The van der Waals surface area contributed by atoms with E-state index in [9.17, 15) is 13.5 Å². The summed E-state index contributed by atoms with van der Waals surface area (Å²) in [5, 5.41) is 19.9. The summed E-state index contributed by atoms with van der Waals surface area (Å²) in [6.45, 7) is 0.847. The Kier molecular flexibility index (Phi) is 6.65. The molecule has 0 saturated heterocycles. The molecule has 5 aromatic rings. The van der Waals surface area contributed by atoms with Crippen LogP contribution in [0.5, 0.6) is 5.75 Å². The van der Waals surface area contributed by atoms with E-state index >= 15 is 0 Å². The van der Waals surface area contributed by atoms with Crippen LogP contribution in [0.25, 0.3) is 27.7 Å². The third kappa shape index (κ3) is 4.67. The van der Waals surface area contributed by atoms with Crippen molar-refractivity contribution in [3.63, 3.8) is 0 Å². The van der Waals surface area contributed by atoms with Gasteiger partial charge in [-0.3, -0.25) is 0 Å². The summed E-state index contributed by atoms with van der Waals surface area (Å²) in [4.78, 5) is 4.92. The van der Waals surface area contributed by atoms with E-state index in [0.717, 1.165) is 15.2 Å². The third-order valence-electron chi connectivity index (χ3n) is 5.99. The van der Waals surface area contributed by atoms with Crippen LogP contribution < -0.4 is 5.32 Å². The molecular formula is C26H24BrN5O3S. The van der Waals surface area contributed by atoms with E-state index in [4.69, 9.17) is 0 Å². The highest BCUT2D eigenvalue weighted by Gasteiger charge is 2.21. The number of fused-ring (bicyclic) bond motifs is 2. The average Bonchev–Trinajstić information content (AvgIpc) is 3.27. The number of aromatic nitrogens is 3. The van der Waals surface area contributed by atoms with Gasteiger partial charge in [0.25, 0.3) is 0 Å². The van der Waals surface area contributed by atoms with E-state index in [1.807, 2.05) is 42.5 Å². The van der Waals surface area contributed by atoms with Crippen molar-refractivity contribution in [3.05, 3.63) is 83.5 Å². The molecule has 0 fully saturated rings. The second-order valence-corrected chi connectivity index (χ2v) is 11.3. The maximum atomic E-state index is 13.1. The number of para-hydroxylation sites is 1. The summed E-state index contributed by atoms with van der Waals surface area (Å²) < 4.78 is 30.0. The summed E-state index contributed by atoms with van der Waals surface area (Å²) in [6, 6.07) is 21.7. The predicted octanol–water partition coefficient (Wildman–Crippen LogP) is 5.14. The lowest BCUT2D eigenvalue weighted by molar-refractivity contribution is 0.465. The second-order valence-electron chi connectivity index (χ2n) is 8.39. The highest BCUT2D eigenvalue weighted by atomic mass is 79.9. The van der Waals surface area contributed by atoms with Gasteiger partial charge in [-0.1, -0.05) is 42.5 Å². The molecule has 0 aliphatic heterocycles. The Bertz CT molecular complexity index is 1670. The molecule has 2 N–H and O–H groups in total. The lowest BCUT2D eigenvalue weighted by Gasteiger charge is -2.18. The van der Waals surface area contributed by atoms with Crippen LogP contribution in [-0.4, -0.2) is 52.6 Å². The van der Waals surface area contributed by atoms with Crippen LogP contribution in [0.2, 0.25) is 0 Å². The molecule has 8 nitrogen and oxygen atoms in total. The van der Waals surface area contributed by atoms with Gasteiger partial charge in [-0.2, -0.15) is 9.61 Å². The summed E-state index contributed by atoms with van der Waals surface area (Å²) >= 11 is 3.48. The molecular weight excluding hydrogens is 542 g/mol. The van der Waals surface area contributed by atoms with Crippen LogP contribution >= 0.6 is 15.9 Å². The molecule has 36 heavy (non-hydrogen) atoms. The normalized spacial score (nSPS) is 12.0. The van der Waals surface area contributed by atoms with Gasteiger partial charge in [-0.05, 0) is 57.4 Å². The predicted molar refractivity (Wildman–Crippen MR) is 145 cm³/mol. The number of nitrogens with zero attached hydrogens (tertiary/aromatic N) is 4. The van der Waals surface area contributed by atoms with Gasteiger partial charge >= 0.3 is 0 Å². The minimum absolute atomic E-state index is 0.136. The van der Waals surface area contributed by atoms with Crippen molar-refractivity contribution in [2.75, 3.05) is 25.5 Å². The molecule has 0 bridgehead atoms. The van der Waals surface area contributed by atoms with Gasteiger partial charge < -0.3 is 10.4 Å². The van der Waals surface area contributed by atoms with Crippen LogP contribution in [0.3, 0.4) is 0 Å². The molecule has 0 radical (unpaired) electrons. The van der Waals surface area contributed by atoms with E-state index in [1.54, 1.807) is 48.1 Å². The minimum atomic E-state index is -3.61. The van der Waals surface area contributed by atoms with Crippen LogP contribution in [0, 0.1) is 0 Å². The molecule has 0 atom stereocenters. The van der Waals surface area contributed by atoms with Crippen LogP contribution in [0.15, 0.2) is 88.4 Å². The van der Waals surface area contributed by atoms with E-state index in [2.05, 4.69) is 31.3 Å². The number of benzene rings is 3. The molecule has 3 aromatic carbocycles. The smallest absolute Gasteiger partial charge is 0.242 e. The molecule has 184 valence electrons. The zero-order valence-corrected chi connectivity index (χ0v) is 21.9. The number of halogens is 1. The molecule has 10 heteroatoms. The number of hydrogen-bond acceptors (Lipinski definition) is 6. The molecule has 0 aliphatic rings. The summed E-state index contributed by atoms with van der Waals surface area (Å²) in [6.07, 6.45) is 2.23. The van der Waals surface area contributed by atoms with Crippen LogP contribution in [0.4, 0.5) is 5.82 Å². The highest BCUT2D eigenvalue weighted by molar-refractivity contribution is 9.10. The lowest BCUT2D eigenvalue weighted by Crippen LogP contribution is -2.29. The minimum Gasteiger partial charge on any atom is -0.507 e. The number of rotatable bonds is 8. The molecule has 0 spiro atoms. The Balaban J connectivity index is 1.30. The van der Waals surface area contributed by atoms with Gasteiger partial charge in [0.15, 0.2) is 5.65 Å². The Morgan fingerprint density at radius 1 is 1.03 bits per heavy atom. The summed E-state index contributed by atoms with van der Waals surface area (Å²) in [7, 11) is -2.02.